The highest BCUT2D eigenvalue weighted by atomic mass is 15.0. The van der Waals surface area contributed by atoms with Gasteiger partial charge in [-0.25, -0.2) is 0 Å². The van der Waals surface area contributed by atoms with Gasteiger partial charge in [0.05, 0.1) is 39.4 Å². The molecular formula is C43H27N3. The molecule has 0 N–H and O–H groups in total. The Morgan fingerprint density at radius 3 is 1.39 bits per heavy atom. The van der Waals surface area contributed by atoms with Crippen LogP contribution in [0.1, 0.15) is 5.56 Å². The minimum absolute atomic E-state index is 0.652. The predicted octanol–water partition coefficient (Wildman–Crippen LogP) is 11.1. The second-order valence-corrected chi connectivity index (χ2v) is 11.7. The number of nitrogens with zero attached hydrogens (tertiary/aromatic N) is 3. The quantitative estimate of drug-likeness (QED) is 0.202. The van der Waals surface area contributed by atoms with Crippen LogP contribution in [0.15, 0.2) is 164 Å². The summed E-state index contributed by atoms with van der Waals surface area (Å²) in [5.74, 6) is 0. The number of rotatable bonds is 4. The van der Waals surface area contributed by atoms with Crippen molar-refractivity contribution >= 4 is 43.6 Å². The first-order chi connectivity index (χ1) is 22.8. The smallest absolute Gasteiger partial charge is 0.0998 e. The van der Waals surface area contributed by atoms with E-state index in [2.05, 4.69) is 173 Å². The second-order valence-electron chi connectivity index (χ2n) is 11.7. The molecule has 0 aliphatic rings. The molecule has 0 saturated heterocycles. The maximum Gasteiger partial charge on any atom is 0.0998 e. The lowest BCUT2D eigenvalue weighted by atomic mass is 9.94. The number of para-hydroxylation sites is 5. The molecule has 0 aliphatic heterocycles. The van der Waals surface area contributed by atoms with Crippen molar-refractivity contribution in [2.24, 2.45) is 0 Å². The van der Waals surface area contributed by atoms with Gasteiger partial charge in [0.25, 0.3) is 0 Å². The van der Waals surface area contributed by atoms with Crippen LogP contribution in [0.2, 0.25) is 0 Å². The van der Waals surface area contributed by atoms with Crippen molar-refractivity contribution in [1.29, 1.82) is 5.26 Å². The summed E-state index contributed by atoms with van der Waals surface area (Å²) in [6.07, 6.45) is 0. The maximum absolute atomic E-state index is 10.3. The van der Waals surface area contributed by atoms with Crippen LogP contribution in [0.3, 0.4) is 0 Å². The third kappa shape index (κ3) is 3.91. The summed E-state index contributed by atoms with van der Waals surface area (Å²) in [5.41, 5.74) is 11.6. The van der Waals surface area contributed by atoms with Gasteiger partial charge in [-0.15, -0.1) is 0 Å². The van der Waals surface area contributed by atoms with E-state index in [1.807, 2.05) is 6.07 Å². The maximum atomic E-state index is 10.3. The van der Waals surface area contributed by atoms with Crippen LogP contribution in [0.5, 0.6) is 0 Å². The summed E-state index contributed by atoms with van der Waals surface area (Å²) >= 11 is 0. The fourth-order valence-electron chi connectivity index (χ4n) is 7.13. The molecule has 3 heteroatoms. The Labute approximate surface area is 266 Å². The zero-order valence-electron chi connectivity index (χ0n) is 24.9. The first-order valence-electron chi connectivity index (χ1n) is 15.5. The van der Waals surface area contributed by atoms with Crippen molar-refractivity contribution < 1.29 is 0 Å². The van der Waals surface area contributed by atoms with Crippen LogP contribution in [0.4, 0.5) is 0 Å². The average molecular weight is 586 g/mol. The monoisotopic (exact) mass is 585 g/mol. The largest absolute Gasteiger partial charge is 0.309 e. The van der Waals surface area contributed by atoms with E-state index in [-0.39, 0.29) is 0 Å². The molecule has 0 unspecified atom stereocenters. The van der Waals surface area contributed by atoms with E-state index in [0.29, 0.717) is 5.56 Å². The van der Waals surface area contributed by atoms with Gasteiger partial charge in [-0.2, -0.15) is 5.26 Å². The molecule has 0 aliphatic carbocycles. The molecule has 2 aromatic heterocycles. The zero-order chi connectivity index (χ0) is 30.6. The Kier molecular flexibility index (Phi) is 5.88. The van der Waals surface area contributed by atoms with E-state index in [0.717, 1.165) is 44.7 Å². The minimum Gasteiger partial charge on any atom is -0.309 e. The third-order valence-corrected chi connectivity index (χ3v) is 9.19. The Bertz CT molecular complexity index is 2540. The van der Waals surface area contributed by atoms with Gasteiger partial charge >= 0.3 is 0 Å². The van der Waals surface area contributed by atoms with Crippen LogP contribution < -0.4 is 0 Å². The van der Waals surface area contributed by atoms with Crippen molar-refractivity contribution in [2.45, 2.75) is 0 Å². The van der Waals surface area contributed by atoms with E-state index in [1.165, 1.54) is 32.6 Å². The van der Waals surface area contributed by atoms with Gasteiger partial charge in [0.15, 0.2) is 0 Å². The van der Waals surface area contributed by atoms with Crippen LogP contribution in [0.25, 0.3) is 77.2 Å². The topological polar surface area (TPSA) is 33.6 Å². The SMILES string of the molecule is N#Cc1ccc(-c2ccc(-n3c4ccccc4c4ccccc43)cc2)cc1-c1ccccc1-n1c2ccccc2c2ccccc21. The number of aromatic nitrogens is 2. The lowest BCUT2D eigenvalue weighted by Crippen LogP contribution is -1.98. The van der Waals surface area contributed by atoms with Crippen LogP contribution in [-0.4, -0.2) is 9.13 Å². The number of hydrogen-bond acceptors (Lipinski definition) is 1. The lowest BCUT2D eigenvalue weighted by molar-refractivity contribution is 1.18. The molecule has 0 spiro atoms. The van der Waals surface area contributed by atoms with Gasteiger partial charge in [-0.05, 0) is 65.7 Å². The standard InChI is InChI=1S/C43H27N3/c44-28-31-22-21-30(29-23-25-32(26-24-29)45-39-16-6-1-11-33(39)34-12-2-7-17-40(34)45)27-38(31)37-15-5-10-20-43(37)46-41-18-8-3-13-35(41)36-14-4-9-19-42(36)46/h1-27H. The summed E-state index contributed by atoms with van der Waals surface area (Å²) < 4.78 is 4.66. The van der Waals surface area contributed by atoms with E-state index < -0.39 is 0 Å². The molecule has 46 heavy (non-hydrogen) atoms. The summed E-state index contributed by atoms with van der Waals surface area (Å²) in [6, 6.07) is 60.0. The molecule has 7 aromatic carbocycles. The molecule has 9 rings (SSSR count). The van der Waals surface area contributed by atoms with Gasteiger partial charge in [0, 0.05) is 38.4 Å². The predicted molar refractivity (Wildman–Crippen MR) is 191 cm³/mol. The molecule has 2 heterocycles. The average Bonchev–Trinajstić information content (AvgIpc) is 3.65. The Morgan fingerprint density at radius 2 is 0.848 bits per heavy atom. The van der Waals surface area contributed by atoms with Gasteiger partial charge in [0.1, 0.15) is 0 Å². The van der Waals surface area contributed by atoms with E-state index in [1.54, 1.807) is 0 Å². The third-order valence-electron chi connectivity index (χ3n) is 9.19. The highest BCUT2D eigenvalue weighted by Crippen LogP contribution is 2.39. The molecule has 0 fully saturated rings. The van der Waals surface area contributed by atoms with E-state index in [4.69, 9.17) is 0 Å². The molecule has 0 radical (unpaired) electrons. The van der Waals surface area contributed by atoms with Crippen LogP contribution in [0, 0.1) is 11.3 Å². The fourth-order valence-corrected chi connectivity index (χ4v) is 7.13. The number of benzene rings is 7. The molecule has 3 nitrogen and oxygen atoms in total. The Morgan fingerprint density at radius 1 is 0.391 bits per heavy atom. The first-order valence-corrected chi connectivity index (χ1v) is 15.5. The number of nitriles is 1. The van der Waals surface area contributed by atoms with Gasteiger partial charge in [0.2, 0.25) is 0 Å². The first kappa shape index (κ1) is 26.1. The normalized spacial score (nSPS) is 11.5. The fraction of sp³-hybridized carbons (Fsp3) is 0. The molecule has 9 aromatic rings. The lowest BCUT2D eigenvalue weighted by Gasteiger charge is -2.16. The molecule has 0 bridgehead atoms. The molecule has 214 valence electrons. The summed E-state index contributed by atoms with van der Waals surface area (Å²) in [5, 5.41) is 15.2. The van der Waals surface area contributed by atoms with Crippen LogP contribution in [-0.2, 0) is 0 Å². The van der Waals surface area contributed by atoms with Crippen molar-refractivity contribution in [3.8, 4) is 39.7 Å². The van der Waals surface area contributed by atoms with Crippen LogP contribution >= 0.6 is 0 Å². The summed E-state index contributed by atoms with van der Waals surface area (Å²) in [7, 11) is 0. The summed E-state index contributed by atoms with van der Waals surface area (Å²) in [6.45, 7) is 0. The van der Waals surface area contributed by atoms with Gasteiger partial charge in [-0.3, -0.25) is 0 Å². The minimum atomic E-state index is 0.652. The highest BCUT2D eigenvalue weighted by molar-refractivity contribution is 6.10. The zero-order valence-corrected chi connectivity index (χ0v) is 24.9. The number of hydrogen-bond donors (Lipinski definition) is 0. The van der Waals surface area contributed by atoms with Crippen molar-refractivity contribution in [2.75, 3.05) is 0 Å². The van der Waals surface area contributed by atoms with Crippen molar-refractivity contribution in [3.05, 3.63) is 169 Å². The number of fused-ring (bicyclic) bond motifs is 6. The van der Waals surface area contributed by atoms with Crippen molar-refractivity contribution in [1.82, 2.24) is 9.13 Å². The molecule has 0 saturated carbocycles. The van der Waals surface area contributed by atoms with E-state index in [9.17, 15) is 5.26 Å². The molecular weight excluding hydrogens is 558 g/mol. The van der Waals surface area contributed by atoms with Gasteiger partial charge in [-0.1, -0.05) is 109 Å². The Balaban J connectivity index is 1.19. The highest BCUT2D eigenvalue weighted by Gasteiger charge is 2.18. The molecule has 0 amide bonds. The summed E-state index contributed by atoms with van der Waals surface area (Å²) in [4.78, 5) is 0. The molecule has 0 atom stereocenters. The second kappa shape index (κ2) is 10.4. The van der Waals surface area contributed by atoms with Gasteiger partial charge < -0.3 is 9.13 Å². The van der Waals surface area contributed by atoms with Crippen molar-refractivity contribution in [3.63, 3.8) is 0 Å². The Hall–Kier alpha value is -6.37. The van der Waals surface area contributed by atoms with E-state index >= 15 is 0 Å².